The molecule has 3 aromatic rings. The van der Waals surface area contributed by atoms with Gasteiger partial charge in [0.05, 0.1) is 28.8 Å². The number of nitrogens with zero attached hydrogens (tertiary/aromatic N) is 2. The summed E-state index contributed by atoms with van der Waals surface area (Å²) in [6.07, 6.45) is 0. The number of amides is 2. The summed E-state index contributed by atoms with van der Waals surface area (Å²) < 4.78 is 0. The SMILES string of the molecule is CN(Cc1nc2ccccc2c(=O)[nH]1)C(=O)c1ccccc1SCC(N)=O. The lowest BCUT2D eigenvalue weighted by molar-refractivity contribution is -0.115. The number of hydrogen-bond donors (Lipinski definition) is 2. The van der Waals surface area contributed by atoms with E-state index in [2.05, 4.69) is 9.97 Å². The number of hydrogen-bond acceptors (Lipinski definition) is 5. The first-order valence-corrected chi connectivity index (χ1v) is 9.18. The number of aromatic amines is 1. The van der Waals surface area contributed by atoms with Crippen LogP contribution < -0.4 is 11.3 Å². The topological polar surface area (TPSA) is 109 Å². The Hall–Kier alpha value is -3.13. The van der Waals surface area contributed by atoms with Crippen molar-refractivity contribution in [2.24, 2.45) is 5.73 Å². The number of nitrogens with two attached hydrogens (primary N) is 1. The fourth-order valence-electron chi connectivity index (χ4n) is 2.63. The number of fused-ring (bicyclic) bond motifs is 1. The van der Waals surface area contributed by atoms with Crippen LogP contribution in [0.2, 0.25) is 0 Å². The summed E-state index contributed by atoms with van der Waals surface area (Å²) in [5.41, 5.74) is 5.99. The van der Waals surface area contributed by atoms with Crippen molar-refractivity contribution in [1.29, 1.82) is 0 Å². The van der Waals surface area contributed by atoms with E-state index in [4.69, 9.17) is 5.73 Å². The molecule has 0 aliphatic rings. The lowest BCUT2D eigenvalue weighted by Gasteiger charge is -2.18. The molecule has 0 saturated heterocycles. The highest BCUT2D eigenvalue weighted by atomic mass is 32.2. The van der Waals surface area contributed by atoms with Gasteiger partial charge in [-0.3, -0.25) is 14.4 Å². The van der Waals surface area contributed by atoms with Gasteiger partial charge in [0.1, 0.15) is 5.82 Å². The number of aromatic nitrogens is 2. The van der Waals surface area contributed by atoms with Gasteiger partial charge in [-0.05, 0) is 24.3 Å². The first-order valence-electron chi connectivity index (χ1n) is 8.19. The predicted octanol–water partition coefficient (Wildman–Crippen LogP) is 1.77. The van der Waals surface area contributed by atoms with Crippen LogP contribution in [0.4, 0.5) is 0 Å². The smallest absolute Gasteiger partial charge is 0.258 e. The van der Waals surface area contributed by atoms with E-state index in [1.807, 2.05) is 0 Å². The minimum Gasteiger partial charge on any atom is -0.369 e. The maximum absolute atomic E-state index is 12.8. The van der Waals surface area contributed by atoms with Crippen molar-refractivity contribution >= 4 is 34.5 Å². The summed E-state index contributed by atoms with van der Waals surface area (Å²) in [6.45, 7) is 0.147. The number of thioether (sulfide) groups is 1. The minimum atomic E-state index is -0.450. The summed E-state index contributed by atoms with van der Waals surface area (Å²) in [5, 5.41) is 0.503. The minimum absolute atomic E-state index is 0.0908. The van der Waals surface area contributed by atoms with E-state index in [-0.39, 0.29) is 23.8 Å². The van der Waals surface area contributed by atoms with Crippen molar-refractivity contribution in [2.45, 2.75) is 11.4 Å². The number of carbonyl (C=O) groups excluding carboxylic acids is 2. The Morgan fingerprint density at radius 3 is 2.63 bits per heavy atom. The van der Waals surface area contributed by atoms with E-state index in [1.165, 1.54) is 16.7 Å². The van der Waals surface area contributed by atoms with Crippen molar-refractivity contribution in [3.63, 3.8) is 0 Å². The maximum atomic E-state index is 12.8. The van der Waals surface area contributed by atoms with Gasteiger partial charge in [-0.25, -0.2) is 4.98 Å². The number of H-pyrrole nitrogens is 1. The summed E-state index contributed by atoms with van der Waals surface area (Å²) in [7, 11) is 1.63. The van der Waals surface area contributed by atoms with Crippen molar-refractivity contribution in [3.05, 3.63) is 70.3 Å². The number of rotatable bonds is 6. The molecule has 0 saturated carbocycles. The van der Waals surface area contributed by atoms with Crippen LogP contribution in [0, 0.1) is 0 Å². The molecule has 0 aliphatic carbocycles. The monoisotopic (exact) mass is 382 g/mol. The maximum Gasteiger partial charge on any atom is 0.258 e. The van der Waals surface area contributed by atoms with Crippen molar-refractivity contribution in [3.8, 4) is 0 Å². The van der Waals surface area contributed by atoms with Crippen molar-refractivity contribution in [1.82, 2.24) is 14.9 Å². The molecule has 0 unspecified atom stereocenters. The first-order chi connectivity index (χ1) is 13.0. The Balaban J connectivity index is 1.83. The average molecular weight is 382 g/mol. The molecular formula is C19H18N4O3S. The normalized spacial score (nSPS) is 10.7. The lowest BCUT2D eigenvalue weighted by atomic mass is 10.2. The van der Waals surface area contributed by atoms with Gasteiger partial charge in [-0.2, -0.15) is 0 Å². The Kier molecular flexibility index (Phi) is 5.56. The molecule has 8 heteroatoms. The van der Waals surface area contributed by atoms with Gasteiger partial charge in [-0.1, -0.05) is 24.3 Å². The van der Waals surface area contributed by atoms with Crippen LogP contribution in [-0.2, 0) is 11.3 Å². The third-order valence-electron chi connectivity index (χ3n) is 3.88. The Morgan fingerprint density at radius 2 is 1.85 bits per heavy atom. The zero-order valence-electron chi connectivity index (χ0n) is 14.6. The molecule has 0 fully saturated rings. The van der Waals surface area contributed by atoms with Gasteiger partial charge < -0.3 is 15.6 Å². The standard InChI is InChI=1S/C19H18N4O3S/c1-23(10-17-21-14-8-4-2-6-12(14)18(25)22-17)19(26)13-7-3-5-9-15(13)27-11-16(20)24/h2-9H,10-11H2,1H3,(H2,20,24)(H,21,22,25). The summed E-state index contributed by atoms with van der Waals surface area (Å²) in [4.78, 5) is 45.3. The first kappa shape index (κ1) is 18.7. The predicted molar refractivity (Wildman–Crippen MR) is 105 cm³/mol. The van der Waals surface area contributed by atoms with Crippen LogP contribution in [0.15, 0.2) is 58.2 Å². The molecule has 2 aromatic carbocycles. The third-order valence-corrected chi connectivity index (χ3v) is 4.98. The van der Waals surface area contributed by atoms with Crippen LogP contribution in [0.25, 0.3) is 10.9 Å². The van der Waals surface area contributed by atoms with E-state index in [1.54, 1.807) is 55.6 Å². The fraction of sp³-hybridized carbons (Fsp3) is 0.158. The highest BCUT2D eigenvalue weighted by molar-refractivity contribution is 8.00. The molecule has 27 heavy (non-hydrogen) atoms. The molecule has 3 rings (SSSR count). The van der Waals surface area contributed by atoms with Gasteiger partial charge in [-0.15, -0.1) is 11.8 Å². The molecule has 7 nitrogen and oxygen atoms in total. The molecule has 1 heterocycles. The third kappa shape index (κ3) is 4.35. The summed E-state index contributed by atoms with van der Waals surface area (Å²) >= 11 is 1.22. The molecule has 3 N–H and O–H groups in total. The number of carbonyl (C=O) groups is 2. The number of para-hydroxylation sites is 1. The van der Waals surface area contributed by atoms with Gasteiger partial charge in [0.2, 0.25) is 5.91 Å². The van der Waals surface area contributed by atoms with Crippen LogP contribution in [-0.4, -0.2) is 39.5 Å². The zero-order chi connectivity index (χ0) is 19.4. The second kappa shape index (κ2) is 8.05. The van der Waals surface area contributed by atoms with E-state index in [0.717, 1.165) is 0 Å². The number of benzene rings is 2. The second-order valence-corrected chi connectivity index (χ2v) is 6.96. The molecule has 0 radical (unpaired) electrons. The van der Waals surface area contributed by atoms with Crippen LogP contribution in [0.5, 0.6) is 0 Å². The molecule has 138 valence electrons. The van der Waals surface area contributed by atoms with Gasteiger partial charge in [0.25, 0.3) is 11.5 Å². The van der Waals surface area contributed by atoms with Gasteiger partial charge in [0, 0.05) is 11.9 Å². The largest absolute Gasteiger partial charge is 0.369 e. The molecule has 0 spiro atoms. The van der Waals surface area contributed by atoms with Gasteiger partial charge >= 0.3 is 0 Å². The van der Waals surface area contributed by atoms with E-state index < -0.39 is 5.91 Å². The lowest BCUT2D eigenvalue weighted by Crippen LogP contribution is -2.28. The summed E-state index contributed by atoms with van der Waals surface area (Å²) in [5.74, 6) is -0.197. The van der Waals surface area contributed by atoms with Gasteiger partial charge in [0.15, 0.2) is 0 Å². The highest BCUT2D eigenvalue weighted by Gasteiger charge is 2.17. The Labute approximate surface area is 159 Å². The molecule has 1 aromatic heterocycles. The van der Waals surface area contributed by atoms with Crippen molar-refractivity contribution < 1.29 is 9.59 Å². The van der Waals surface area contributed by atoms with E-state index >= 15 is 0 Å². The number of primary amides is 1. The quantitative estimate of drug-likeness (QED) is 0.632. The molecule has 0 bridgehead atoms. The van der Waals surface area contributed by atoms with E-state index in [9.17, 15) is 14.4 Å². The average Bonchev–Trinajstić information content (AvgIpc) is 2.66. The second-order valence-electron chi connectivity index (χ2n) is 5.94. The zero-order valence-corrected chi connectivity index (χ0v) is 15.5. The number of nitrogens with one attached hydrogen (secondary N) is 1. The molecule has 2 amide bonds. The fourth-order valence-corrected chi connectivity index (χ4v) is 3.41. The Morgan fingerprint density at radius 1 is 1.15 bits per heavy atom. The summed E-state index contributed by atoms with van der Waals surface area (Å²) in [6, 6.07) is 14.0. The van der Waals surface area contributed by atoms with Crippen LogP contribution >= 0.6 is 11.8 Å². The van der Waals surface area contributed by atoms with Crippen LogP contribution in [0.1, 0.15) is 16.2 Å². The van der Waals surface area contributed by atoms with Crippen LogP contribution in [0.3, 0.4) is 0 Å². The molecule has 0 aliphatic heterocycles. The molecule has 0 atom stereocenters. The van der Waals surface area contributed by atoms with E-state index in [0.29, 0.717) is 27.2 Å². The van der Waals surface area contributed by atoms with Crippen molar-refractivity contribution in [2.75, 3.05) is 12.8 Å². The highest BCUT2D eigenvalue weighted by Crippen LogP contribution is 2.23. The molecular weight excluding hydrogens is 364 g/mol. The Bertz CT molecular complexity index is 1060.